The third kappa shape index (κ3) is 2.03. The van der Waals surface area contributed by atoms with Crippen LogP contribution < -0.4 is 0 Å². The minimum absolute atomic E-state index is 0.00227. The van der Waals surface area contributed by atoms with Crippen molar-refractivity contribution in [2.24, 2.45) is 0 Å². The lowest BCUT2D eigenvalue weighted by molar-refractivity contribution is 0.00276. The van der Waals surface area contributed by atoms with E-state index in [1.54, 1.807) is 6.26 Å². The van der Waals surface area contributed by atoms with Crippen LogP contribution in [0.2, 0.25) is 0 Å². The topological polar surface area (TPSA) is 45.8 Å². The molecular formula is C14H17NO3. The highest BCUT2D eigenvalue weighted by atomic mass is 16.5. The molecule has 1 aliphatic rings. The molecule has 0 amide bonds. The maximum absolute atomic E-state index is 9.69. The summed E-state index contributed by atoms with van der Waals surface area (Å²) >= 11 is 0. The van der Waals surface area contributed by atoms with E-state index in [0.717, 1.165) is 42.8 Å². The molecule has 0 radical (unpaired) electrons. The van der Waals surface area contributed by atoms with E-state index in [4.69, 9.17) is 9.15 Å². The Kier molecular flexibility index (Phi) is 3.32. The Labute approximate surface area is 106 Å². The van der Waals surface area contributed by atoms with E-state index < -0.39 is 0 Å². The van der Waals surface area contributed by atoms with Gasteiger partial charge in [0.2, 0.25) is 0 Å². The van der Waals surface area contributed by atoms with Gasteiger partial charge in [0.1, 0.15) is 5.58 Å². The van der Waals surface area contributed by atoms with E-state index in [-0.39, 0.29) is 12.6 Å². The van der Waals surface area contributed by atoms with Crippen LogP contribution in [0.25, 0.3) is 11.0 Å². The van der Waals surface area contributed by atoms with Crippen molar-refractivity contribution in [2.75, 3.05) is 32.9 Å². The molecule has 1 aliphatic heterocycles. The van der Waals surface area contributed by atoms with Gasteiger partial charge >= 0.3 is 0 Å². The summed E-state index contributed by atoms with van der Waals surface area (Å²) in [5, 5.41) is 10.8. The van der Waals surface area contributed by atoms with Crippen LogP contribution in [0.1, 0.15) is 11.6 Å². The number of hydrogen-bond acceptors (Lipinski definition) is 4. The van der Waals surface area contributed by atoms with Crippen LogP contribution in [0, 0.1) is 0 Å². The molecule has 1 saturated heterocycles. The summed E-state index contributed by atoms with van der Waals surface area (Å²) in [7, 11) is 0. The van der Waals surface area contributed by atoms with E-state index in [0.29, 0.717) is 0 Å². The third-order valence-corrected chi connectivity index (χ3v) is 3.53. The van der Waals surface area contributed by atoms with Crippen molar-refractivity contribution in [1.29, 1.82) is 0 Å². The minimum Gasteiger partial charge on any atom is -0.464 e. The number of hydrogen-bond donors (Lipinski definition) is 1. The van der Waals surface area contributed by atoms with Crippen LogP contribution in [0.15, 0.2) is 34.9 Å². The zero-order valence-corrected chi connectivity index (χ0v) is 10.2. The number of rotatable bonds is 3. The Morgan fingerprint density at radius 2 is 2.00 bits per heavy atom. The van der Waals surface area contributed by atoms with Crippen LogP contribution in [0.5, 0.6) is 0 Å². The molecule has 1 unspecified atom stereocenters. The van der Waals surface area contributed by atoms with Crippen molar-refractivity contribution < 1.29 is 14.3 Å². The molecule has 0 aliphatic carbocycles. The molecule has 18 heavy (non-hydrogen) atoms. The fourth-order valence-electron chi connectivity index (χ4n) is 2.56. The highest BCUT2D eigenvalue weighted by Gasteiger charge is 2.24. The average Bonchev–Trinajstić information content (AvgIpc) is 2.85. The molecule has 3 rings (SSSR count). The third-order valence-electron chi connectivity index (χ3n) is 3.53. The van der Waals surface area contributed by atoms with Gasteiger partial charge in [-0.25, -0.2) is 0 Å². The summed E-state index contributed by atoms with van der Waals surface area (Å²) in [6.07, 6.45) is 1.76. The van der Waals surface area contributed by atoms with Gasteiger partial charge in [-0.2, -0.15) is 0 Å². The van der Waals surface area contributed by atoms with E-state index in [9.17, 15) is 5.11 Å². The van der Waals surface area contributed by atoms with Gasteiger partial charge in [0.15, 0.2) is 0 Å². The second-order valence-electron chi connectivity index (χ2n) is 4.53. The van der Waals surface area contributed by atoms with Crippen molar-refractivity contribution in [3.63, 3.8) is 0 Å². The molecule has 0 spiro atoms. The van der Waals surface area contributed by atoms with Gasteiger partial charge < -0.3 is 14.3 Å². The molecule has 1 aromatic carbocycles. The van der Waals surface area contributed by atoms with Crippen molar-refractivity contribution in [3.05, 3.63) is 36.1 Å². The van der Waals surface area contributed by atoms with Crippen LogP contribution in [0.4, 0.5) is 0 Å². The second-order valence-corrected chi connectivity index (χ2v) is 4.53. The van der Waals surface area contributed by atoms with E-state index in [1.807, 2.05) is 24.3 Å². The van der Waals surface area contributed by atoms with E-state index >= 15 is 0 Å². The molecule has 4 heteroatoms. The number of aliphatic hydroxyl groups is 1. The minimum atomic E-state index is -0.00227. The first kappa shape index (κ1) is 11.7. The number of morpholine rings is 1. The fraction of sp³-hybridized carbons (Fsp3) is 0.429. The van der Waals surface area contributed by atoms with E-state index in [1.165, 1.54) is 0 Å². The fourth-order valence-corrected chi connectivity index (χ4v) is 2.56. The molecule has 1 fully saturated rings. The summed E-state index contributed by atoms with van der Waals surface area (Å²) in [6.45, 7) is 3.26. The van der Waals surface area contributed by atoms with Crippen molar-refractivity contribution in [1.82, 2.24) is 4.90 Å². The number of para-hydroxylation sites is 1. The number of fused-ring (bicyclic) bond motifs is 1. The standard InChI is InChI=1S/C14H17NO3/c16-9-13(15-5-7-17-8-6-15)12-10-18-14-4-2-1-3-11(12)14/h1-4,10,13,16H,5-9H2. The molecule has 1 atom stereocenters. The predicted molar refractivity (Wildman–Crippen MR) is 68.4 cm³/mol. The number of nitrogens with zero attached hydrogens (tertiary/aromatic N) is 1. The van der Waals surface area contributed by atoms with Gasteiger partial charge in [0.25, 0.3) is 0 Å². The van der Waals surface area contributed by atoms with Gasteiger partial charge in [-0.3, -0.25) is 4.90 Å². The molecule has 2 heterocycles. The lowest BCUT2D eigenvalue weighted by Gasteiger charge is -2.33. The zero-order chi connectivity index (χ0) is 12.4. The summed E-state index contributed by atoms with van der Waals surface area (Å²) in [4.78, 5) is 2.25. The lowest BCUT2D eigenvalue weighted by Crippen LogP contribution is -2.40. The van der Waals surface area contributed by atoms with Crippen LogP contribution >= 0.6 is 0 Å². The number of ether oxygens (including phenoxy) is 1. The molecule has 1 N–H and O–H groups in total. The first-order valence-electron chi connectivity index (χ1n) is 6.29. The maximum atomic E-state index is 9.69. The normalized spacial score (nSPS) is 19.2. The Hall–Kier alpha value is -1.36. The quantitative estimate of drug-likeness (QED) is 0.898. The smallest absolute Gasteiger partial charge is 0.134 e. The van der Waals surface area contributed by atoms with Gasteiger partial charge in [0.05, 0.1) is 32.1 Å². The van der Waals surface area contributed by atoms with Crippen molar-refractivity contribution in [2.45, 2.75) is 6.04 Å². The molecule has 96 valence electrons. The molecular weight excluding hydrogens is 230 g/mol. The molecule has 0 bridgehead atoms. The van der Waals surface area contributed by atoms with Crippen molar-refractivity contribution in [3.8, 4) is 0 Å². The maximum Gasteiger partial charge on any atom is 0.134 e. The van der Waals surface area contributed by atoms with Gasteiger partial charge in [-0.1, -0.05) is 18.2 Å². The summed E-state index contributed by atoms with van der Waals surface area (Å²) < 4.78 is 10.9. The largest absolute Gasteiger partial charge is 0.464 e. The van der Waals surface area contributed by atoms with Crippen LogP contribution in [0.3, 0.4) is 0 Å². The van der Waals surface area contributed by atoms with E-state index in [2.05, 4.69) is 4.90 Å². The van der Waals surface area contributed by atoms with Crippen LogP contribution in [-0.2, 0) is 4.74 Å². The Bertz CT molecular complexity index is 516. The highest BCUT2D eigenvalue weighted by molar-refractivity contribution is 5.81. The van der Waals surface area contributed by atoms with Crippen molar-refractivity contribution >= 4 is 11.0 Å². The van der Waals surface area contributed by atoms with Gasteiger partial charge in [0, 0.05) is 24.0 Å². The lowest BCUT2D eigenvalue weighted by atomic mass is 10.0. The summed E-state index contributed by atoms with van der Waals surface area (Å²) in [5.74, 6) is 0. The zero-order valence-electron chi connectivity index (χ0n) is 10.2. The van der Waals surface area contributed by atoms with Gasteiger partial charge in [-0.05, 0) is 6.07 Å². The number of benzene rings is 1. The first-order chi connectivity index (χ1) is 8.90. The molecule has 1 aromatic heterocycles. The SMILES string of the molecule is OCC(c1coc2ccccc12)N1CCOCC1. The molecule has 0 saturated carbocycles. The first-order valence-corrected chi connectivity index (χ1v) is 6.29. The second kappa shape index (κ2) is 5.10. The predicted octanol–water partition coefficient (Wildman–Crippen LogP) is 1.80. The highest BCUT2D eigenvalue weighted by Crippen LogP contribution is 2.30. The molecule has 2 aromatic rings. The number of aliphatic hydroxyl groups excluding tert-OH is 1. The molecule has 4 nitrogen and oxygen atoms in total. The van der Waals surface area contributed by atoms with Gasteiger partial charge in [-0.15, -0.1) is 0 Å². The average molecular weight is 247 g/mol. The summed E-state index contributed by atoms with van der Waals surface area (Å²) in [6, 6.07) is 7.94. The Morgan fingerprint density at radius 3 is 2.78 bits per heavy atom. The monoisotopic (exact) mass is 247 g/mol. The Balaban J connectivity index is 1.95. The Morgan fingerprint density at radius 1 is 1.22 bits per heavy atom. The van der Waals surface area contributed by atoms with Crippen LogP contribution in [-0.4, -0.2) is 42.9 Å². The number of furan rings is 1. The summed E-state index contributed by atoms with van der Waals surface area (Å²) in [5.41, 5.74) is 1.94.